The number of hydrogen-bond acceptors (Lipinski definition) is 3. The standard InChI is InChI=1S/C18H19ClN2O3/c1-21(18(17(23)24)9-3-2-4-10-18)16(22)14-8-6-12-5-7-13(19)11-15(12)20-14/h5-8,11H,2-4,9-10H2,1H3,(H,23,24). The number of carboxylic acid groups (broad SMARTS) is 1. The first-order chi connectivity index (χ1) is 11.4. The van der Waals surface area contributed by atoms with Crippen LogP contribution in [-0.2, 0) is 4.79 Å². The van der Waals surface area contributed by atoms with Crippen molar-refractivity contribution in [1.29, 1.82) is 0 Å². The molecule has 0 atom stereocenters. The SMILES string of the molecule is CN(C(=O)c1ccc2ccc(Cl)cc2n1)C1(C(=O)O)CCCCC1. The van der Waals surface area contributed by atoms with Gasteiger partial charge in [-0.3, -0.25) is 4.79 Å². The minimum absolute atomic E-state index is 0.235. The molecule has 126 valence electrons. The average molecular weight is 347 g/mol. The number of carbonyl (C=O) groups excluding carboxylic acids is 1. The zero-order valence-electron chi connectivity index (χ0n) is 13.5. The largest absolute Gasteiger partial charge is 0.479 e. The average Bonchev–Trinajstić information content (AvgIpc) is 2.60. The Hall–Kier alpha value is -2.14. The number of halogens is 1. The molecule has 1 aromatic heterocycles. The van der Waals surface area contributed by atoms with Crippen molar-refractivity contribution >= 4 is 34.4 Å². The molecule has 1 fully saturated rings. The van der Waals surface area contributed by atoms with Gasteiger partial charge in [0.05, 0.1) is 5.52 Å². The minimum Gasteiger partial charge on any atom is -0.479 e. The van der Waals surface area contributed by atoms with E-state index >= 15 is 0 Å². The molecule has 1 heterocycles. The molecule has 1 aromatic carbocycles. The van der Waals surface area contributed by atoms with Crippen molar-refractivity contribution in [2.75, 3.05) is 7.05 Å². The number of carbonyl (C=O) groups is 2. The molecule has 0 unspecified atom stereocenters. The van der Waals surface area contributed by atoms with Crippen molar-refractivity contribution in [3.63, 3.8) is 0 Å². The molecule has 5 nitrogen and oxygen atoms in total. The van der Waals surface area contributed by atoms with Gasteiger partial charge in [0.25, 0.3) is 5.91 Å². The van der Waals surface area contributed by atoms with Crippen LogP contribution in [0.1, 0.15) is 42.6 Å². The number of pyridine rings is 1. The third kappa shape index (κ3) is 2.84. The van der Waals surface area contributed by atoms with Gasteiger partial charge in [0, 0.05) is 17.5 Å². The molecule has 0 bridgehead atoms. The molecule has 2 aromatic rings. The van der Waals surface area contributed by atoms with E-state index in [4.69, 9.17) is 11.6 Å². The second-order valence-electron chi connectivity index (χ2n) is 6.30. The van der Waals surface area contributed by atoms with E-state index in [9.17, 15) is 14.7 Å². The normalized spacial score (nSPS) is 16.8. The fourth-order valence-electron chi connectivity index (χ4n) is 3.41. The Morgan fingerprint density at radius 1 is 1.17 bits per heavy atom. The molecule has 24 heavy (non-hydrogen) atoms. The van der Waals surface area contributed by atoms with Crippen molar-refractivity contribution < 1.29 is 14.7 Å². The molecule has 0 spiro atoms. The van der Waals surface area contributed by atoms with Gasteiger partial charge >= 0.3 is 5.97 Å². The molecule has 0 saturated heterocycles. The van der Waals surface area contributed by atoms with Crippen LogP contribution in [0.2, 0.25) is 5.02 Å². The molecule has 1 saturated carbocycles. The Labute approximate surface area is 145 Å². The number of hydrogen-bond donors (Lipinski definition) is 1. The Morgan fingerprint density at radius 2 is 1.83 bits per heavy atom. The first-order valence-electron chi connectivity index (χ1n) is 8.02. The number of amides is 1. The van der Waals surface area contributed by atoms with Crippen LogP contribution >= 0.6 is 11.6 Å². The highest BCUT2D eigenvalue weighted by Gasteiger charge is 2.45. The van der Waals surface area contributed by atoms with Crippen LogP contribution in [0, 0.1) is 0 Å². The van der Waals surface area contributed by atoms with Crippen molar-refractivity contribution in [3.8, 4) is 0 Å². The summed E-state index contributed by atoms with van der Waals surface area (Å²) in [4.78, 5) is 30.5. The number of carboxylic acids is 1. The lowest BCUT2D eigenvalue weighted by Crippen LogP contribution is -2.56. The summed E-state index contributed by atoms with van der Waals surface area (Å²) in [6.45, 7) is 0. The lowest BCUT2D eigenvalue weighted by Gasteiger charge is -2.40. The second kappa shape index (κ2) is 6.40. The van der Waals surface area contributed by atoms with E-state index in [1.165, 1.54) is 4.90 Å². The highest BCUT2D eigenvalue weighted by Crippen LogP contribution is 2.34. The predicted molar refractivity (Wildman–Crippen MR) is 92.3 cm³/mol. The van der Waals surface area contributed by atoms with E-state index in [2.05, 4.69) is 4.98 Å². The maximum Gasteiger partial charge on any atom is 0.329 e. The summed E-state index contributed by atoms with van der Waals surface area (Å²) < 4.78 is 0. The summed E-state index contributed by atoms with van der Waals surface area (Å²) in [6, 6.07) is 8.73. The first-order valence-corrected chi connectivity index (χ1v) is 8.40. The van der Waals surface area contributed by atoms with Crippen LogP contribution in [0.15, 0.2) is 30.3 Å². The topological polar surface area (TPSA) is 70.5 Å². The molecule has 1 amide bonds. The minimum atomic E-state index is -1.14. The van der Waals surface area contributed by atoms with Gasteiger partial charge in [0.2, 0.25) is 0 Å². The van der Waals surface area contributed by atoms with Crippen LogP contribution in [-0.4, -0.2) is 39.5 Å². The summed E-state index contributed by atoms with van der Waals surface area (Å²) in [5.74, 6) is -1.32. The molecule has 6 heteroatoms. The molecular weight excluding hydrogens is 328 g/mol. The summed E-state index contributed by atoms with van der Waals surface area (Å²) >= 11 is 5.99. The van der Waals surface area contributed by atoms with E-state index in [0.717, 1.165) is 24.6 Å². The van der Waals surface area contributed by atoms with Gasteiger partial charge in [-0.1, -0.05) is 43.0 Å². The molecule has 1 aliphatic carbocycles. The molecular formula is C18H19ClN2O3. The lowest BCUT2D eigenvalue weighted by molar-refractivity contribution is -0.151. The Bertz CT molecular complexity index is 800. The maximum atomic E-state index is 12.8. The third-order valence-electron chi connectivity index (χ3n) is 4.90. The van der Waals surface area contributed by atoms with E-state index < -0.39 is 11.5 Å². The highest BCUT2D eigenvalue weighted by molar-refractivity contribution is 6.31. The van der Waals surface area contributed by atoms with E-state index in [1.807, 2.05) is 6.07 Å². The Morgan fingerprint density at radius 3 is 2.50 bits per heavy atom. The van der Waals surface area contributed by atoms with Crippen molar-refractivity contribution in [3.05, 3.63) is 41.0 Å². The van der Waals surface area contributed by atoms with E-state index in [1.54, 1.807) is 31.3 Å². The zero-order chi connectivity index (χ0) is 17.3. The Kier molecular flexibility index (Phi) is 4.45. The second-order valence-corrected chi connectivity index (χ2v) is 6.73. The van der Waals surface area contributed by atoms with Gasteiger partial charge < -0.3 is 10.0 Å². The van der Waals surface area contributed by atoms with Gasteiger partial charge in [-0.25, -0.2) is 9.78 Å². The van der Waals surface area contributed by atoms with Gasteiger partial charge in [-0.15, -0.1) is 0 Å². The summed E-state index contributed by atoms with van der Waals surface area (Å²) in [5.41, 5.74) is -0.284. The highest BCUT2D eigenvalue weighted by atomic mass is 35.5. The quantitative estimate of drug-likeness (QED) is 0.918. The Balaban J connectivity index is 1.96. The summed E-state index contributed by atoms with van der Waals surface area (Å²) in [7, 11) is 1.56. The molecule has 1 aliphatic rings. The summed E-state index contributed by atoms with van der Waals surface area (Å²) in [5, 5.41) is 11.2. The molecule has 1 N–H and O–H groups in total. The molecule has 3 rings (SSSR count). The number of benzene rings is 1. The fourth-order valence-corrected chi connectivity index (χ4v) is 3.57. The van der Waals surface area contributed by atoms with Crippen LogP contribution in [0.4, 0.5) is 0 Å². The van der Waals surface area contributed by atoms with E-state index in [0.29, 0.717) is 23.4 Å². The van der Waals surface area contributed by atoms with Crippen molar-refractivity contribution in [2.45, 2.75) is 37.6 Å². The predicted octanol–water partition coefficient (Wildman–Crippen LogP) is 3.75. The van der Waals surface area contributed by atoms with Crippen molar-refractivity contribution in [1.82, 2.24) is 9.88 Å². The summed E-state index contributed by atoms with van der Waals surface area (Å²) in [6.07, 6.45) is 3.58. The number of likely N-dealkylation sites (N-methyl/N-ethyl adjacent to an activating group) is 1. The van der Waals surface area contributed by atoms with Gasteiger partial charge in [0.1, 0.15) is 11.2 Å². The van der Waals surface area contributed by atoms with Crippen LogP contribution in [0.5, 0.6) is 0 Å². The maximum absolute atomic E-state index is 12.8. The number of rotatable bonds is 3. The molecule has 0 aliphatic heterocycles. The van der Waals surface area contributed by atoms with Crippen LogP contribution in [0.3, 0.4) is 0 Å². The number of aromatic nitrogens is 1. The number of aliphatic carboxylic acids is 1. The zero-order valence-corrected chi connectivity index (χ0v) is 14.2. The smallest absolute Gasteiger partial charge is 0.329 e. The van der Waals surface area contributed by atoms with Crippen LogP contribution < -0.4 is 0 Å². The number of fused-ring (bicyclic) bond motifs is 1. The van der Waals surface area contributed by atoms with E-state index in [-0.39, 0.29) is 11.6 Å². The van der Waals surface area contributed by atoms with Gasteiger partial charge in [-0.05, 0) is 31.0 Å². The molecule has 0 radical (unpaired) electrons. The first kappa shape index (κ1) is 16.7. The third-order valence-corrected chi connectivity index (χ3v) is 5.13. The van der Waals surface area contributed by atoms with Crippen molar-refractivity contribution in [2.24, 2.45) is 0 Å². The van der Waals surface area contributed by atoms with Gasteiger partial charge in [-0.2, -0.15) is 0 Å². The van der Waals surface area contributed by atoms with Gasteiger partial charge in [0.15, 0.2) is 0 Å². The monoisotopic (exact) mass is 346 g/mol. The van der Waals surface area contributed by atoms with Crippen LogP contribution in [0.25, 0.3) is 10.9 Å². The number of nitrogens with zero attached hydrogens (tertiary/aromatic N) is 2. The lowest BCUT2D eigenvalue weighted by atomic mass is 9.80. The fraction of sp³-hybridized carbons (Fsp3) is 0.389.